The second-order valence-electron chi connectivity index (χ2n) is 10.3. The Hall–Kier alpha value is -4.39. The fourth-order valence-corrected chi connectivity index (χ4v) is 6.38. The maximum Gasteiger partial charge on any atom is 0.321 e. The second kappa shape index (κ2) is 11.8. The molecule has 210 valence electrons. The van der Waals surface area contributed by atoms with Gasteiger partial charge in [0.1, 0.15) is 12.6 Å². The van der Waals surface area contributed by atoms with Crippen molar-refractivity contribution < 1.29 is 19.4 Å². The van der Waals surface area contributed by atoms with Crippen molar-refractivity contribution in [2.24, 2.45) is 0 Å². The Labute approximate surface area is 253 Å². The average Bonchev–Trinajstić information content (AvgIpc) is 3.32. The lowest BCUT2D eigenvalue weighted by Crippen LogP contribution is -2.52. The van der Waals surface area contributed by atoms with Crippen LogP contribution in [0, 0.1) is 0 Å². The van der Waals surface area contributed by atoms with E-state index in [1.165, 1.54) is 0 Å². The number of carboxylic acid groups (broad SMARTS) is 1. The summed E-state index contributed by atoms with van der Waals surface area (Å²) in [6.07, 6.45) is 0.209. The molecule has 5 aromatic carbocycles. The number of rotatable bonds is 10. The van der Waals surface area contributed by atoms with Crippen molar-refractivity contribution in [1.29, 1.82) is 0 Å². The van der Waals surface area contributed by atoms with Crippen LogP contribution >= 0.6 is 15.9 Å². The molecule has 1 aliphatic rings. The van der Waals surface area contributed by atoms with Crippen LogP contribution in [-0.2, 0) is 23.4 Å². The Morgan fingerprint density at radius 2 is 1.38 bits per heavy atom. The molecule has 6 heteroatoms. The molecule has 42 heavy (non-hydrogen) atoms. The Morgan fingerprint density at radius 3 is 1.98 bits per heavy atom. The number of halogens is 1. The first kappa shape index (κ1) is 27.8. The van der Waals surface area contributed by atoms with E-state index in [0.29, 0.717) is 18.1 Å². The van der Waals surface area contributed by atoms with Crippen LogP contribution in [0.25, 0.3) is 11.1 Å². The SMILES string of the molecule is COc1cc(Br)c(CC(NC2(c3ccccc3)c3ccccc3-c3ccccc32)C(=O)O)cc1OCc1ccccc1. The maximum absolute atomic E-state index is 13.0. The molecule has 0 fully saturated rings. The number of benzene rings is 5. The van der Waals surface area contributed by atoms with Gasteiger partial charge in [0.05, 0.1) is 12.6 Å². The van der Waals surface area contributed by atoms with Gasteiger partial charge in [-0.05, 0) is 57.5 Å². The van der Waals surface area contributed by atoms with Crippen LogP contribution in [0.15, 0.2) is 126 Å². The topological polar surface area (TPSA) is 67.8 Å². The van der Waals surface area contributed by atoms with E-state index < -0.39 is 17.6 Å². The average molecular weight is 621 g/mol. The van der Waals surface area contributed by atoms with E-state index in [1.54, 1.807) is 7.11 Å². The predicted molar refractivity (Wildman–Crippen MR) is 168 cm³/mol. The highest BCUT2D eigenvalue weighted by atomic mass is 79.9. The first-order chi connectivity index (χ1) is 20.5. The van der Waals surface area contributed by atoms with E-state index in [0.717, 1.165) is 43.4 Å². The largest absolute Gasteiger partial charge is 0.493 e. The molecule has 0 amide bonds. The van der Waals surface area contributed by atoms with E-state index in [1.807, 2.05) is 84.9 Å². The summed E-state index contributed by atoms with van der Waals surface area (Å²) in [4.78, 5) is 13.0. The highest BCUT2D eigenvalue weighted by molar-refractivity contribution is 9.10. The number of ether oxygens (including phenoxy) is 2. The normalized spacial score (nSPS) is 13.6. The number of hydrogen-bond acceptors (Lipinski definition) is 4. The summed E-state index contributed by atoms with van der Waals surface area (Å²) < 4.78 is 12.5. The summed E-state index contributed by atoms with van der Waals surface area (Å²) in [6.45, 7) is 0.365. The van der Waals surface area contributed by atoms with Gasteiger partial charge in [-0.3, -0.25) is 10.1 Å². The number of hydrogen-bond donors (Lipinski definition) is 2. The monoisotopic (exact) mass is 619 g/mol. The molecule has 0 heterocycles. The van der Waals surface area contributed by atoms with Crippen molar-refractivity contribution in [3.8, 4) is 22.6 Å². The molecule has 0 saturated heterocycles. The zero-order valence-electron chi connectivity index (χ0n) is 23.1. The van der Waals surface area contributed by atoms with Gasteiger partial charge >= 0.3 is 5.97 Å². The fourth-order valence-electron chi connectivity index (χ4n) is 5.90. The van der Waals surface area contributed by atoms with Crippen molar-refractivity contribution in [2.45, 2.75) is 24.6 Å². The fraction of sp³-hybridized carbons (Fsp3) is 0.139. The van der Waals surface area contributed by atoms with Gasteiger partial charge in [-0.2, -0.15) is 0 Å². The number of methoxy groups -OCH3 is 1. The van der Waals surface area contributed by atoms with Crippen LogP contribution in [0.5, 0.6) is 11.5 Å². The third-order valence-corrected chi connectivity index (χ3v) is 8.58. The lowest BCUT2D eigenvalue weighted by molar-refractivity contribution is -0.139. The van der Waals surface area contributed by atoms with Crippen LogP contribution in [0.2, 0.25) is 0 Å². The molecule has 0 spiro atoms. The molecule has 2 N–H and O–H groups in total. The molecule has 1 aliphatic carbocycles. The van der Waals surface area contributed by atoms with Crippen LogP contribution in [0.4, 0.5) is 0 Å². The van der Waals surface area contributed by atoms with Crippen molar-refractivity contribution in [2.75, 3.05) is 7.11 Å². The van der Waals surface area contributed by atoms with Crippen molar-refractivity contribution in [1.82, 2.24) is 5.32 Å². The zero-order valence-corrected chi connectivity index (χ0v) is 24.7. The Morgan fingerprint density at radius 1 is 0.810 bits per heavy atom. The summed E-state index contributed by atoms with van der Waals surface area (Å²) in [5.74, 6) is 0.181. The van der Waals surface area contributed by atoms with E-state index >= 15 is 0 Å². The molecule has 6 rings (SSSR count). The third kappa shape index (κ3) is 5.08. The summed E-state index contributed by atoms with van der Waals surface area (Å²) in [6, 6.07) is 39.2. The van der Waals surface area contributed by atoms with Crippen LogP contribution in [-0.4, -0.2) is 24.2 Å². The molecule has 5 aromatic rings. The van der Waals surface area contributed by atoms with Crippen LogP contribution in [0.3, 0.4) is 0 Å². The van der Waals surface area contributed by atoms with Gasteiger partial charge in [-0.15, -0.1) is 0 Å². The molecule has 0 radical (unpaired) electrons. The van der Waals surface area contributed by atoms with Crippen molar-refractivity contribution >= 4 is 21.9 Å². The summed E-state index contributed by atoms with van der Waals surface area (Å²) in [5, 5.41) is 14.3. The van der Waals surface area contributed by atoms with Gasteiger partial charge in [-0.1, -0.05) is 125 Å². The Balaban J connectivity index is 1.41. The second-order valence-corrected chi connectivity index (χ2v) is 11.2. The zero-order chi connectivity index (χ0) is 29.1. The number of carboxylic acids is 1. The Bertz CT molecular complexity index is 1680. The van der Waals surface area contributed by atoms with Gasteiger partial charge in [0.25, 0.3) is 0 Å². The van der Waals surface area contributed by atoms with E-state index in [-0.39, 0.29) is 6.42 Å². The van der Waals surface area contributed by atoms with Gasteiger partial charge in [-0.25, -0.2) is 0 Å². The number of aliphatic carboxylic acids is 1. The predicted octanol–water partition coefficient (Wildman–Crippen LogP) is 7.59. The van der Waals surface area contributed by atoms with Gasteiger partial charge in [0.15, 0.2) is 11.5 Å². The van der Waals surface area contributed by atoms with Crippen LogP contribution in [0.1, 0.15) is 27.8 Å². The van der Waals surface area contributed by atoms with E-state index in [2.05, 4.69) is 57.6 Å². The molecule has 1 atom stereocenters. The molecule has 0 aromatic heterocycles. The lowest BCUT2D eigenvalue weighted by atomic mass is 9.79. The number of carbonyl (C=O) groups is 1. The molecular formula is C36H30BrNO4. The minimum absolute atomic E-state index is 0.209. The third-order valence-electron chi connectivity index (χ3n) is 7.84. The minimum atomic E-state index is -0.943. The van der Waals surface area contributed by atoms with Crippen molar-refractivity contribution in [3.05, 3.63) is 154 Å². The Kier molecular flexibility index (Phi) is 7.83. The summed E-state index contributed by atoms with van der Waals surface area (Å²) >= 11 is 3.66. The van der Waals surface area contributed by atoms with Gasteiger partial charge < -0.3 is 14.6 Å². The highest BCUT2D eigenvalue weighted by Gasteiger charge is 2.46. The highest BCUT2D eigenvalue weighted by Crippen LogP contribution is 2.51. The van der Waals surface area contributed by atoms with E-state index in [4.69, 9.17) is 9.47 Å². The number of nitrogens with one attached hydrogen (secondary N) is 1. The van der Waals surface area contributed by atoms with Gasteiger partial charge in [0, 0.05) is 4.47 Å². The first-order valence-electron chi connectivity index (χ1n) is 13.8. The number of fused-ring (bicyclic) bond motifs is 3. The minimum Gasteiger partial charge on any atom is -0.493 e. The molecule has 0 bridgehead atoms. The first-order valence-corrected chi connectivity index (χ1v) is 14.6. The smallest absolute Gasteiger partial charge is 0.321 e. The standard InChI is InChI=1S/C36H30BrNO4/c1-41-33-22-31(37)25(21-34(33)42-23-24-12-4-2-5-13-24)20-32(35(39)40)38-36(26-14-6-3-7-15-26)29-18-10-8-16-27(29)28-17-9-11-19-30(28)36/h2-19,21-22,32,38H,20,23H2,1H3,(H,39,40). The summed E-state index contributed by atoms with van der Waals surface area (Å²) in [7, 11) is 1.59. The molecule has 1 unspecified atom stereocenters. The quantitative estimate of drug-likeness (QED) is 0.168. The molecule has 0 saturated carbocycles. The molecular weight excluding hydrogens is 590 g/mol. The lowest BCUT2D eigenvalue weighted by Gasteiger charge is -2.37. The van der Waals surface area contributed by atoms with Gasteiger partial charge in [0.2, 0.25) is 0 Å². The van der Waals surface area contributed by atoms with E-state index in [9.17, 15) is 9.90 Å². The maximum atomic E-state index is 13.0. The molecule has 0 aliphatic heterocycles. The summed E-state index contributed by atoms with van der Waals surface area (Å²) in [5.41, 5.74) is 6.19. The van der Waals surface area contributed by atoms with Crippen molar-refractivity contribution in [3.63, 3.8) is 0 Å². The van der Waals surface area contributed by atoms with Crippen LogP contribution < -0.4 is 14.8 Å². The molecule has 5 nitrogen and oxygen atoms in total.